The molecular weight excluding hydrogens is 396 g/mol. The van der Waals surface area contributed by atoms with Crippen molar-refractivity contribution in [3.8, 4) is 29.1 Å². The number of allylic oxidation sites excluding steroid dienone is 2. The largest absolute Gasteiger partial charge is 0.505 e. The normalized spacial score (nSPS) is 14.1. The maximum atomic E-state index is 12.5. The number of nitrogens with zero attached hydrogens (tertiary/aromatic N) is 2. The smallest absolute Gasteiger partial charge is 0.197 e. The van der Waals surface area contributed by atoms with E-state index in [1.54, 1.807) is 41.3 Å². The van der Waals surface area contributed by atoms with Crippen molar-refractivity contribution in [1.29, 1.82) is 5.26 Å². The number of ether oxygens (including phenoxy) is 1. The number of fused-ring (bicyclic) bond motifs is 3. The zero-order chi connectivity index (χ0) is 21.7. The second-order valence-electron chi connectivity index (χ2n) is 7.14. The fourth-order valence-electron chi connectivity index (χ4n) is 3.89. The third kappa shape index (κ3) is 2.74. The lowest BCUT2D eigenvalue weighted by Gasteiger charge is -2.27. The first-order valence-corrected chi connectivity index (χ1v) is 9.41. The molecule has 0 saturated heterocycles. The molecule has 5 rings (SSSR count). The van der Waals surface area contributed by atoms with Gasteiger partial charge in [0.25, 0.3) is 0 Å². The number of nitriles is 1. The Kier molecular flexibility index (Phi) is 4.02. The number of phenolic OH excluding ortho intramolecular Hbond substituents is 2. The molecule has 0 fully saturated rings. The fourth-order valence-corrected chi connectivity index (χ4v) is 3.89. The molecule has 1 heterocycles. The number of para-hydroxylation sites is 1. The molecule has 0 aromatic heterocycles. The van der Waals surface area contributed by atoms with Crippen molar-refractivity contribution in [2.45, 2.75) is 6.54 Å². The van der Waals surface area contributed by atoms with Crippen LogP contribution in [0.2, 0.25) is 0 Å². The predicted molar refractivity (Wildman–Crippen MR) is 111 cm³/mol. The summed E-state index contributed by atoms with van der Waals surface area (Å²) >= 11 is 0. The Labute approximate surface area is 176 Å². The van der Waals surface area contributed by atoms with Gasteiger partial charge in [-0.15, -0.1) is 0 Å². The second-order valence-corrected chi connectivity index (χ2v) is 7.14. The molecular formula is C24H14N2O5. The van der Waals surface area contributed by atoms with Crippen LogP contribution >= 0.6 is 0 Å². The number of ketones is 2. The molecule has 0 atom stereocenters. The van der Waals surface area contributed by atoms with Gasteiger partial charge >= 0.3 is 0 Å². The molecule has 0 spiro atoms. The van der Waals surface area contributed by atoms with Crippen LogP contribution in [0.1, 0.15) is 31.8 Å². The summed E-state index contributed by atoms with van der Waals surface area (Å²) in [7, 11) is 0. The van der Waals surface area contributed by atoms with Crippen molar-refractivity contribution in [2.75, 3.05) is 4.90 Å². The van der Waals surface area contributed by atoms with Gasteiger partial charge in [0.1, 0.15) is 11.4 Å². The summed E-state index contributed by atoms with van der Waals surface area (Å²) in [5.41, 5.74) is 1.15. The lowest BCUT2D eigenvalue weighted by molar-refractivity contribution is 0.0989. The number of carbonyl (C=O) groups is 2. The lowest BCUT2D eigenvalue weighted by Crippen LogP contribution is -2.19. The average Bonchev–Trinajstić information content (AvgIpc) is 2.96. The Morgan fingerprint density at radius 3 is 2.39 bits per heavy atom. The zero-order valence-corrected chi connectivity index (χ0v) is 16.0. The summed E-state index contributed by atoms with van der Waals surface area (Å²) in [6.45, 7) is 0.224. The number of carbonyl (C=O) groups excluding carboxylic acids is 2. The third-order valence-electron chi connectivity index (χ3n) is 5.33. The number of hydrogen-bond acceptors (Lipinski definition) is 7. The van der Waals surface area contributed by atoms with Crippen LogP contribution in [0.15, 0.2) is 60.7 Å². The van der Waals surface area contributed by atoms with Gasteiger partial charge in [0.15, 0.2) is 28.8 Å². The molecule has 2 aliphatic rings. The van der Waals surface area contributed by atoms with Crippen LogP contribution in [-0.4, -0.2) is 21.8 Å². The van der Waals surface area contributed by atoms with Gasteiger partial charge in [-0.05, 0) is 36.4 Å². The van der Waals surface area contributed by atoms with Gasteiger partial charge < -0.3 is 19.8 Å². The number of anilines is 2. The van der Waals surface area contributed by atoms with Crippen LogP contribution in [0, 0.1) is 11.3 Å². The number of rotatable bonds is 1. The summed E-state index contributed by atoms with van der Waals surface area (Å²) in [5, 5.41) is 31.5. The summed E-state index contributed by atoms with van der Waals surface area (Å²) in [6, 6.07) is 15.9. The zero-order valence-electron chi connectivity index (χ0n) is 16.0. The van der Waals surface area contributed by atoms with Crippen molar-refractivity contribution in [2.24, 2.45) is 0 Å². The molecule has 0 bridgehead atoms. The molecule has 7 heteroatoms. The average molecular weight is 410 g/mol. The van der Waals surface area contributed by atoms with Crippen LogP contribution in [-0.2, 0) is 6.54 Å². The monoisotopic (exact) mass is 410 g/mol. The van der Waals surface area contributed by atoms with Gasteiger partial charge in [-0.25, -0.2) is 0 Å². The summed E-state index contributed by atoms with van der Waals surface area (Å²) < 4.78 is 5.97. The first kappa shape index (κ1) is 18.5. The minimum Gasteiger partial charge on any atom is -0.505 e. The van der Waals surface area contributed by atoms with E-state index in [2.05, 4.69) is 6.07 Å². The SMILES string of the molecule is N#Cc1cccc(N2Cc3ccccc3Oc3c(O)c4c(c(O)c32)C(=O)C=CC4=O)c1. The summed E-state index contributed by atoms with van der Waals surface area (Å²) in [6.07, 6.45) is 2.11. The van der Waals surface area contributed by atoms with E-state index in [4.69, 9.17) is 4.74 Å². The first-order chi connectivity index (χ1) is 15.0. The van der Waals surface area contributed by atoms with E-state index >= 15 is 0 Å². The second kappa shape index (κ2) is 6.75. The molecule has 0 radical (unpaired) electrons. The van der Waals surface area contributed by atoms with Crippen LogP contribution < -0.4 is 9.64 Å². The van der Waals surface area contributed by atoms with Gasteiger partial charge in [0.05, 0.1) is 29.3 Å². The molecule has 150 valence electrons. The minimum absolute atomic E-state index is 0.0407. The molecule has 2 N–H and O–H groups in total. The Morgan fingerprint density at radius 2 is 1.65 bits per heavy atom. The maximum Gasteiger partial charge on any atom is 0.197 e. The highest BCUT2D eigenvalue weighted by Gasteiger charge is 2.37. The third-order valence-corrected chi connectivity index (χ3v) is 5.33. The van der Waals surface area contributed by atoms with Gasteiger partial charge in [0, 0.05) is 11.3 Å². The summed E-state index contributed by atoms with van der Waals surface area (Å²) in [4.78, 5) is 26.6. The van der Waals surface area contributed by atoms with E-state index in [-0.39, 0.29) is 29.1 Å². The van der Waals surface area contributed by atoms with Crippen molar-refractivity contribution in [3.63, 3.8) is 0 Å². The van der Waals surface area contributed by atoms with Crippen molar-refractivity contribution >= 4 is 22.9 Å². The van der Waals surface area contributed by atoms with E-state index in [1.165, 1.54) is 0 Å². The highest BCUT2D eigenvalue weighted by Crippen LogP contribution is 2.55. The van der Waals surface area contributed by atoms with Crippen molar-refractivity contribution < 1.29 is 24.5 Å². The van der Waals surface area contributed by atoms with Gasteiger partial charge in [0.2, 0.25) is 0 Å². The molecule has 1 aliphatic carbocycles. The molecule has 7 nitrogen and oxygen atoms in total. The number of aromatic hydroxyl groups is 2. The quantitative estimate of drug-likeness (QED) is 0.574. The Morgan fingerprint density at radius 1 is 0.935 bits per heavy atom. The van der Waals surface area contributed by atoms with Crippen molar-refractivity contribution in [1.82, 2.24) is 0 Å². The van der Waals surface area contributed by atoms with E-state index < -0.39 is 23.1 Å². The minimum atomic E-state index is -0.607. The number of benzene rings is 3. The van der Waals surface area contributed by atoms with Gasteiger partial charge in [-0.2, -0.15) is 5.26 Å². The Balaban J connectivity index is 1.86. The van der Waals surface area contributed by atoms with E-state index in [1.807, 2.05) is 12.1 Å². The van der Waals surface area contributed by atoms with Crippen molar-refractivity contribution in [3.05, 3.63) is 82.9 Å². The number of hydrogen-bond donors (Lipinski definition) is 2. The lowest BCUT2D eigenvalue weighted by atomic mass is 9.91. The summed E-state index contributed by atoms with van der Waals surface area (Å²) in [5.74, 6) is -1.91. The predicted octanol–water partition coefficient (Wildman–Crippen LogP) is 4.35. The van der Waals surface area contributed by atoms with Gasteiger partial charge in [-0.3, -0.25) is 9.59 Å². The van der Waals surface area contributed by atoms with E-state index in [9.17, 15) is 25.1 Å². The van der Waals surface area contributed by atoms with E-state index in [0.29, 0.717) is 17.0 Å². The Bertz CT molecular complexity index is 1370. The molecule has 31 heavy (non-hydrogen) atoms. The Hall–Kier alpha value is -4.57. The van der Waals surface area contributed by atoms with Crippen LogP contribution in [0.4, 0.5) is 11.4 Å². The highest BCUT2D eigenvalue weighted by molar-refractivity contribution is 6.25. The molecule has 0 saturated carbocycles. The standard InChI is InChI=1S/C24H14N2O5/c25-11-13-4-3-6-15(10-13)26-12-14-5-1-2-7-18(14)31-24-21(26)22(29)19-16(27)8-9-17(28)20(19)23(24)30/h1-10,29-30H,12H2. The number of phenols is 2. The van der Waals surface area contributed by atoms with Gasteiger partial charge in [-0.1, -0.05) is 24.3 Å². The first-order valence-electron chi connectivity index (χ1n) is 9.41. The fraction of sp³-hybridized carbons (Fsp3) is 0.0417. The maximum absolute atomic E-state index is 12.5. The topological polar surface area (TPSA) is 111 Å². The molecule has 3 aromatic rings. The highest BCUT2D eigenvalue weighted by atomic mass is 16.5. The molecule has 3 aromatic carbocycles. The van der Waals surface area contributed by atoms with E-state index in [0.717, 1.165) is 17.7 Å². The van der Waals surface area contributed by atoms with Crippen LogP contribution in [0.25, 0.3) is 0 Å². The molecule has 0 amide bonds. The van der Waals surface area contributed by atoms with Crippen LogP contribution in [0.5, 0.6) is 23.0 Å². The molecule has 0 unspecified atom stereocenters. The van der Waals surface area contributed by atoms with Crippen LogP contribution in [0.3, 0.4) is 0 Å². The molecule has 1 aliphatic heterocycles.